The Morgan fingerprint density at radius 1 is 1.10 bits per heavy atom. The van der Waals surface area contributed by atoms with Crippen LogP contribution in [0.5, 0.6) is 0 Å². The fraction of sp³-hybridized carbons (Fsp3) is 0.600. The van der Waals surface area contributed by atoms with Gasteiger partial charge < -0.3 is 29.6 Å². The van der Waals surface area contributed by atoms with Gasteiger partial charge in [0.1, 0.15) is 42.4 Å². The summed E-state index contributed by atoms with van der Waals surface area (Å²) in [5.74, 6) is -3.82. The zero-order valence-corrected chi connectivity index (χ0v) is 28.5. The molecule has 0 saturated carbocycles. The second-order valence-electron chi connectivity index (χ2n) is 11.4. The molecule has 3 fully saturated rings. The summed E-state index contributed by atoms with van der Waals surface area (Å²) >= 11 is 0.277. The number of halogens is 2. The van der Waals surface area contributed by atoms with Crippen molar-refractivity contribution in [1.82, 2.24) is 24.8 Å². The van der Waals surface area contributed by atoms with Crippen molar-refractivity contribution in [2.75, 3.05) is 24.9 Å². The van der Waals surface area contributed by atoms with E-state index >= 15 is 8.78 Å². The minimum absolute atomic E-state index is 0.0280. The lowest BCUT2D eigenvalue weighted by molar-refractivity contribution is -0.135. The molecule has 0 aliphatic carbocycles. The van der Waals surface area contributed by atoms with E-state index in [1.54, 1.807) is 13.8 Å². The molecule has 11 atom stereocenters. The molecule has 4 N–H and O–H groups in total. The van der Waals surface area contributed by atoms with E-state index in [0.717, 1.165) is 18.5 Å². The number of nitrogen functional groups attached to an aromatic ring is 1. The van der Waals surface area contributed by atoms with Crippen molar-refractivity contribution in [3.63, 3.8) is 0 Å². The number of carbonyl (C=O) groups excluding carboxylic acids is 3. The lowest BCUT2D eigenvalue weighted by Gasteiger charge is -2.27. The molecule has 2 aromatic heterocycles. The molecule has 2 aromatic rings. The SMILES string of the molecule is CC(C)OC(=O)OCSP1(=O)OC[C@H]2O[C@@H](C3C=CC(=O)NC3=O)[C@H](F)[C@@H]2OP(=O)(O)OC[C@H]2O[C@@H](n3cnc4c(N)ncnc43)[C@H](O1)[C@@H]2F. The number of hydrogen-bond donors (Lipinski definition) is 3. The number of aromatic nitrogens is 4. The Hall–Kier alpha value is -3.11. The maximum absolute atomic E-state index is 16.2. The molecule has 4 aliphatic heterocycles. The number of fused-ring (bicyclic) bond motifs is 4. The van der Waals surface area contributed by atoms with Crippen LogP contribution in [-0.4, -0.2) is 111 Å². The Morgan fingerprint density at radius 2 is 1.86 bits per heavy atom. The van der Waals surface area contributed by atoms with E-state index in [1.807, 2.05) is 5.32 Å². The molecule has 6 rings (SSSR count). The fourth-order valence-electron chi connectivity index (χ4n) is 5.42. The molecule has 25 heteroatoms. The Kier molecular flexibility index (Phi) is 10.6. The van der Waals surface area contributed by atoms with Crippen LogP contribution in [0.15, 0.2) is 24.8 Å². The summed E-state index contributed by atoms with van der Waals surface area (Å²) in [5, 5.41) is 2.00. The third-order valence-electron chi connectivity index (χ3n) is 7.63. The number of imidazole rings is 1. The number of alkyl halides is 2. The lowest BCUT2D eigenvalue weighted by Crippen LogP contribution is -2.45. The topological polar surface area (TPSA) is 261 Å². The van der Waals surface area contributed by atoms with E-state index in [9.17, 15) is 28.4 Å². The average molecular weight is 771 g/mol. The second-order valence-corrected chi connectivity index (χ2v) is 16.7. The minimum Gasteiger partial charge on any atom is -0.432 e. The number of nitrogens with zero attached hydrogens (tertiary/aromatic N) is 4. The molecular weight excluding hydrogens is 740 g/mol. The maximum atomic E-state index is 16.2. The van der Waals surface area contributed by atoms with E-state index in [2.05, 4.69) is 15.0 Å². The lowest BCUT2D eigenvalue weighted by atomic mass is 9.94. The summed E-state index contributed by atoms with van der Waals surface area (Å²) in [6, 6.07) is 0. The van der Waals surface area contributed by atoms with Crippen molar-refractivity contribution in [1.29, 1.82) is 0 Å². The summed E-state index contributed by atoms with van der Waals surface area (Å²) < 4.78 is 104. The van der Waals surface area contributed by atoms with Crippen LogP contribution in [0.3, 0.4) is 0 Å². The first kappa shape index (κ1) is 36.7. The van der Waals surface area contributed by atoms with Crippen molar-refractivity contribution in [3.8, 4) is 0 Å². The van der Waals surface area contributed by atoms with Gasteiger partial charge in [-0.2, -0.15) is 0 Å². The van der Waals surface area contributed by atoms with Crippen molar-refractivity contribution in [2.45, 2.75) is 69.0 Å². The van der Waals surface area contributed by atoms with Gasteiger partial charge in [0.25, 0.3) is 0 Å². The third-order valence-corrected chi connectivity index (χ3v) is 12.0. The zero-order valence-electron chi connectivity index (χ0n) is 25.9. The highest BCUT2D eigenvalue weighted by Crippen LogP contribution is 2.64. The van der Waals surface area contributed by atoms with Gasteiger partial charge in [-0.25, -0.2) is 37.7 Å². The summed E-state index contributed by atoms with van der Waals surface area (Å²) in [5.41, 5.74) is 6.04. The van der Waals surface area contributed by atoms with Crippen LogP contribution >= 0.6 is 26.0 Å². The number of carbonyl (C=O) groups is 3. The fourth-order valence-corrected chi connectivity index (χ4v) is 9.13. The standard InChI is InChI=1S/C25H30F2N6O14P2S/c1-10(2)43-25(36)40-9-50-49(39)42-6-13-19(16(27)18(44-13)11-3-4-14(34)32-23(11)35)46-48(37,38)41-5-12-15(26)20(47-49)24(45-12)33-8-31-17-21(28)29-7-30-22(17)33/h3-4,7-8,10-13,15-16,18-20,24H,5-6,9H2,1-2H3,(H,37,38)(H2,28,29,30)(H,32,34,35)/t11?,12-,13-,15-,16+,18+,19-,20-,24-,49?/m1/s1. The van der Waals surface area contributed by atoms with Gasteiger partial charge >= 0.3 is 20.8 Å². The van der Waals surface area contributed by atoms with Crippen LogP contribution in [0.25, 0.3) is 11.2 Å². The van der Waals surface area contributed by atoms with E-state index in [1.165, 1.54) is 10.9 Å². The van der Waals surface area contributed by atoms with Gasteiger partial charge in [0.15, 0.2) is 36.0 Å². The Balaban J connectivity index is 1.33. The number of hydrogen-bond acceptors (Lipinski definition) is 18. The Labute approximate surface area is 284 Å². The number of phosphoric acid groups is 1. The number of anilines is 1. The number of amides is 2. The molecule has 6 heterocycles. The normalized spacial score (nSPS) is 37.8. The van der Waals surface area contributed by atoms with Gasteiger partial charge in [0, 0.05) is 17.5 Å². The first-order valence-electron chi connectivity index (χ1n) is 14.8. The van der Waals surface area contributed by atoms with Crippen molar-refractivity contribution >= 4 is 61.0 Å². The number of phosphoric ester groups is 1. The summed E-state index contributed by atoms with van der Waals surface area (Å²) in [6.45, 7) is -3.49. The first-order valence-corrected chi connectivity index (χ1v) is 19.4. The average Bonchev–Trinajstić information content (AvgIpc) is 3.69. The minimum atomic E-state index is -5.25. The van der Waals surface area contributed by atoms with Crippen molar-refractivity contribution < 1.29 is 74.2 Å². The zero-order chi connectivity index (χ0) is 36.0. The van der Waals surface area contributed by atoms with Gasteiger partial charge in [0.05, 0.1) is 31.6 Å². The van der Waals surface area contributed by atoms with E-state index in [0.29, 0.717) is 0 Å². The number of imide groups is 1. The van der Waals surface area contributed by atoms with Crippen molar-refractivity contribution in [3.05, 3.63) is 24.8 Å². The molecule has 3 unspecified atom stereocenters. The van der Waals surface area contributed by atoms with E-state index < -0.39 is 113 Å². The molecule has 2 bridgehead atoms. The van der Waals surface area contributed by atoms with Gasteiger partial charge in [-0.05, 0) is 13.8 Å². The second kappa shape index (κ2) is 14.5. The van der Waals surface area contributed by atoms with Gasteiger partial charge in [-0.3, -0.25) is 37.6 Å². The quantitative estimate of drug-likeness (QED) is 0.164. The molecule has 4 aliphatic rings. The Morgan fingerprint density at radius 3 is 2.60 bits per heavy atom. The highest BCUT2D eigenvalue weighted by molar-refractivity contribution is 8.55. The number of ether oxygens (including phenoxy) is 4. The van der Waals surface area contributed by atoms with E-state index in [4.69, 9.17) is 42.8 Å². The molecule has 2 amide bonds. The van der Waals surface area contributed by atoms with Crippen LogP contribution in [0.2, 0.25) is 0 Å². The van der Waals surface area contributed by atoms with Gasteiger partial charge in [-0.15, -0.1) is 0 Å². The predicted molar refractivity (Wildman–Crippen MR) is 162 cm³/mol. The van der Waals surface area contributed by atoms with Crippen LogP contribution in [0.4, 0.5) is 19.4 Å². The van der Waals surface area contributed by atoms with Crippen LogP contribution in [0.1, 0.15) is 20.1 Å². The third kappa shape index (κ3) is 7.71. The number of nitrogens with two attached hydrogens (primary N) is 1. The highest BCUT2D eigenvalue weighted by Gasteiger charge is 2.56. The summed E-state index contributed by atoms with van der Waals surface area (Å²) in [4.78, 5) is 58.8. The molecule has 0 radical (unpaired) electrons. The summed E-state index contributed by atoms with van der Waals surface area (Å²) in [6.07, 6.45) is -12.3. The monoisotopic (exact) mass is 770 g/mol. The summed E-state index contributed by atoms with van der Waals surface area (Å²) in [7, 11) is -5.25. The highest BCUT2D eigenvalue weighted by atomic mass is 32.7. The number of rotatable bonds is 6. The number of nitrogens with one attached hydrogen (secondary N) is 1. The molecule has 20 nitrogen and oxygen atoms in total. The van der Waals surface area contributed by atoms with Crippen molar-refractivity contribution in [2.24, 2.45) is 5.92 Å². The van der Waals surface area contributed by atoms with Gasteiger partial charge in [0.2, 0.25) is 11.8 Å². The largest absolute Gasteiger partial charge is 0.509 e. The molecule has 274 valence electrons. The van der Waals surface area contributed by atoms with Gasteiger partial charge in [-0.1, -0.05) is 6.08 Å². The maximum Gasteiger partial charge on any atom is 0.509 e. The molecular formula is C25H30F2N6O14P2S. The van der Waals surface area contributed by atoms with Crippen LogP contribution in [0, 0.1) is 5.92 Å². The van der Waals surface area contributed by atoms with Crippen LogP contribution in [-0.2, 0) is 55.8 Å². The molecule has 3 saturated heterocycles. The molecule has 50 heavy (non-hydrogen) atoms. The molecule has 0 spiro atoms. The molecule has 0 aromatic carbocycles. The van der Waals surface area contributed by atoms with Crippen LogP contribution < -0.4 is 11.1 Å². The predicted octanol–water partition coefficient (Wildman–Crippen LogP) is 1.86. The smallest absolute Gasteiger partial charge is 0.432 e. The first-order chi connectivity index (χ1) is 23.6. The van der Waals surface area contributed by atoms with E-state index in [-0.39, 0.29) is 28.4 Å². The Bertz CT molecular complexity index is 1770.